The van der Waals surface area contributed by atoms with Crippen molar-refractivity contribution in [2.24, 2.45) is 0 Å². The molecule has 0 aromatic carbocycles. The Morgan fingerprint density at radius 1 is 1.45 bits per heavy atom. The molecule has 5 heteroatoms. The van der Waals surface area contributed by atoms with Gasteiger partial charge >= 0.3 is 0 Å². The molecule has 2 N–H and O–H groups in total. The van der Waals surface area contributed by atoms with Crippen molar-refractivity contribution >= 4 is 17.2 Å². The number of nitrogens with zero attached hydrogens (tertiary/aromatic N) is 1. The molecular weight excluding hydrogens is 272 g/mol. The molecule has 1 aromatic heterocycles. The van der Waals surface area contributed by atoms with E-state index in [4.69, 9.17) is 0 Å². The summed E-state index contributed by atoms with van der Waals surface area (Å²) >= 11 is 1.63. The van der Waals surface area contributed by atoms with Gasteiger partial charge in [-0.2, -0.15) is 0 Å². The van der Waals surface area contributed by atoms with Crippen molar-refractivity contribution < 1.29 is 9.90 Å². The second-order valence-corrected chi connectivity index (χ2v) is 7.64. The molecule has 0 aliphatic heterocycles. The predicted molar refractivity (Wildman–Crippen MR) is 80.7 cm³/mol. The molecule has 20 heavy (non-hydrogen) atoms. The molecule has 0 atom stereocenters. The van der Waals surface area contributed by atoms with Gasteiger partial charge in [0.25, 0.3) is 0 Å². The summed E-state index contributed by atoms with van der Waals surface area (Å²) in [5.41, 5.74) is 0.168. The fourth-order valence-electron chi connectivity index (χ4n) is 2.49. The molecule has 0 spiro atoms. The highest BCUT2D eigenvalue weighted by Crippen LogP contribution is 2.32. The third-order valence-electron chi connectivity index (χ3n) is 3.68. The first-order chi connectivity index (χ1) is 9.28. The zero-order chi connectivity index (χ0) is 14.8. The van der Waals surface area contributed by atoms with Crippen LogP contribution in [0, 0.1) is 0 Å². The number of carbonyl (C=O) groups is 1. The van der Waals surface area contributed by atoms with Crippen LogP contribution in [0.4, 0.5) is 0 Å². The molecule has 1 amide bonds. The maximum Gasteiger partial charge on any atom is 0.223 e. The van der Waals surface area contributed by atoms with Gasteiger partial charge in [0.1, 0.15) is 0 Å². The first kappa shape index (κ1) is 15.4. The fraction of sp³-hybridized carbons (Fsp3) is 0.733. The van der Waals surface area contributed by atoms with Crippen LogP contribution in [0.2, 0.25) is 0 Å². The second kappa shape index (κ2) is 5.82. The van der Waals surface area contributed by atoms with Gasteiger partial charge in [0, 0.05) is 10.8 Å². The molecule has 0 saturated heterocycles. The van der Waals surface area contributed by atoms with Gasteiger partial charge in [0.2, 0.25) is 5.91 Å². The Kier molecular flexibility index (Phi) is 4.49. The third kappa shape index (κ3) is 4.03. The van der Waals surface area contributed by atoms with Gasteiger partial charge in [-0.15, -0.1) is 11.3 Å². The second-order valence-electron chi connectivity index (χ2n) is 6.78. The van der Waals surface area contributed by atoms with Crippen molar-refractivity contribution in [3.63, 3.8) is 0 Å². The number of hydrogen-bond donors (Lipinski definition) is 2. The van der Waals surface area contributed by atoms with Crippen molar-refractivity contribution in [2.45, 2.75) is 70.4 Å². The standard InChI is InChI=1S/C15H24N2O2S/c1-14(2,3)13-17-11(10-20-13)9-16-12(18)8-15(19)6-4-5-7-15/h10,19H,4-9H2,1-3H3,(H,16,18). The highest BCUT2D eigenvalue weighted by molar-refractivity contribution is 7.09. The Morgan fingerprint density at radius 3 is 2.65 bits per heavy atom. The lowest BCUT2D eigenvalue weighted by atomic mass is 9.98. The number of nitrogens with one attached hydrogen (secondary N) is 1. The van der Waals surface area contributed by atoms with Crippen molar-refractivity contribution in [1.82, 2.24) is 10.3 Å². The van der Waals surface area contributed by atoms with Crippen LogP contribution >= 0.6 is 11.3 Å². The Balaban J connectivity index is 1.83. The lowest BCUT2D eigenvalue weighted by Crippen LogP contribution is -2.34. The van der Waals surface area contributed by atoms with E-state index < -0.39 is 5.60 Å². The summed E-state index contributed by atoms with van der Waals surface area (Å²) in [7, 11) is 0. The zero-order valence-electron chi connectivity index (χ0n) is 12.5. The molecule has 4 nitrogen and oxygen atoms in total. The first-order valence-electron chi connectivity index (χ1n) is 7.22. The fourth-order valence-corrected chi connectivity index (χ4v) is 3.40. The van der Waals surface area contributed by atoms with E-state index in [1.807, 2.05) is 5.38 Å². The molecule has 1 fully saturated rings. The van der Waals surface area contributed by atoms with E-state index in [-0.39, 0.29) is 17.7 Å². The van der Waals surface area contributed by atoms with Crippen molar-refractivity contribution in [3.05, 3.63) is 16.1 Å². The van der Waals surface area contributed by atoms with Gasteiger partial charge in [0.15, 0.2) is 0 Å². The number of rotatable bonds is 4. The highest BCUT2D eigenvalue weighted by atomic mass is 32.1. The van der Waals surface area contributed by atoms with Crippen LogP contribution < -0.4 is 5.32 Å². The highest BCUT2D eigenvalue weighted by Gasteiger charge is 2.33. The lowest BCUT2D eigenvalue weighted by molar-refractivity contribution is -0.126. The minimum absolute atomic E-state index is 0.0475. The largest absolute Gasteiger partial charge is 0.389 e. The quantitative estimate of drug-likeness (QED) is 0.898. The van der Waals surface area contributed by atoms with E-state index in [1.54, 1.807) is 11.3 Å². The Morgan fingerprint density at radius 2 is 2.10 bits per heavy atom. The molecular formula is C15H24N2O2S. The summed E-state index contributed by atoms with van der Waals surface area (Å²) in [6, 6.07) is 0. The monoisotopic (exact) mass is 296 g/mol. The van der Waals surface area contributed by atoms with Gasteiger partial charge in [-0.25, -0.2) is 4.98 Å². The van der Waals surface area contributed by atoms with Crippen LogP contribution in [-0.2, 0) is 16.8 Å². The molecule has 1 aliphatic rings. The number of hydrogen-bond acceptors (Lipinski definition) is 4. The topological polar surface area (TPSA) is 62.2 Å². The number of aromatic nitrogens is 1. The maximum absolute atomic E-state index is 11.9. The number of thiazole rings is 1. The summed E-state index contributed by atoms with van der Waals surface area (Å²) in [6.07, 6.45) is 3.73. The Hall–Kier alpha value is -0.940. The Bertz CT molecular complexity index is 470. The molecule has 0 radical (unpaired) electrons. The lowest BCUT2D eigenvalue weighted by Gasteiger charge is -2.20. The smallest absolute Gasteiger partial charge is 0.223 e. The van der Waals surface area contributed by atoms with Crippen molar-refractivity contribution in [1.29, 1.82) is 0 Å². The van der Waals surface area contributed by atoms with Gasteiger partial charge in [-0.1, -0.05) is 33.6 Å². The molecule has 0 bridgehead atoms. The van der Waals surface area contributed by atoms with Crippen LogP contribution in [0.5, 0.6) is 0 Å². The summed E-state index contributed by atoms with van der Waals surface area (Å²) in [4.78, 5) is 16.4. The van der Waals surface area contributed by atoms with Crippen LogP contribution in [0.1, 0.15) is 63.6 Å². The summed E-state index contributed by atoms with van der Waals surface area (Å²) < 4.78 is 0. The van der Waals surface area contributed by atoms with Gasteiger partial charge in [-0.3, -0.25) is 4.79 Å². The van der Waals surface area contributed by atoms with Crippen molar-refractivity contribution in [3.8, 4) is 0 Å². The normalized spacial score (nSPS) is 18.2. The SMILES string of the molecule is CC(C)(C)c1nc(CNC(=O)CC2(O)CCCC2)cs1. The van der Waals surface area contributed by atoms with E-state index in [0.717, 1.165) is 36.4 Å². The van der Waals surface area contributed by atoms with E-state index in [1.165, 1.54) is 0 Å². The van der Waals surface area contributed by atoms with E-state index in [2.05, 4.69) is 31.1 Å². The molecule has 1 aliphatic carbocycles. The molecule has 112 valence electrons. The van der Waals surface area contributed by atoms with Gasteiger partial charge in [0.05, 0.1) is 29.3 Å². The first-order valence-corrected chi connectivity index (χ1v) is 8.10. The van der Waals surface area contributed by atoms with E-state index >= 15 is 0 Å². The Labute approximate surface area is 124 Å². The molecule has 1 aromatic rings. The summed E-state index contributed by atoms with van der Waals surface area (Å²) in [6.45, 7) is 6.83. The minimum Gasteiger partial charge on any atom is -0.389 e. The summed E-state index contributed by atoms with van der Waals surface area (Å²) in [5, 5.41) is 16.1. The third-order valence-corrected chi connectivity index (χ3v) is 5.00. The van der Waals surface area contributed by atoms with Gasteiger partial charge < -0.3 is 10.4 Å². The zero-order valence-corrected chi connectivity index (χ0v) is 13.3. The van der Waals surface area contributed by atoms with Crippen LogP contribution in [0.15, 0.2) is 5.38 Å². The molecule has 0 unspecified atom stereocenters. The summed E-state index contributed by atoms with van der Waals surface area (Å²) in [5.74, 6) is -0.0836. The van der Waals surface area contributed by atoms with E-state index in [0.29, 0.717) is 6.54 Å². The molecule has 1 saturated carbocycles. The van der Waals surface area contributed by atoms with Crippen LogP contribution in [0.3, 0.4) is 0 Å². The van der Waals surface area contributed by atoms with Crippen LogP contribution in [-0.4, -0.2) is 21.6 Å². The average Bonchev–Trinajstić information content (AvgIpc) is 2.94. The van der Waals surface area contributed by atoms with Crippen LogP contribution in [0.25, 0.3) is 0 Å². The maximum atomic E-state index is 11.9. The predicted octanol–water partition coefficient (Wildman–Crippen LogP) is 2.75. The van der Waals surface area contributed by atoms with Gasteiger partial charge in [-0.05, 0) is 12.8 Å². The molecule has 2 rings (SSSR count). The average molecular weight is 296 g/mol. The number of carbonyl (C=O) groups excluding carboxylic acids is 1. The van der Waals surface area contributed by atoms with E-state index in [9.17, 15) is 9.90 Å². The number of aliphatic hydroxyl groups is 1. The minimum atomic E-state index is -0.775. The number of amides is 1. The van der Waals surface area contributed by atoms with Crippen molar-refractivity contribution in [2.75, 3.05) is 0 Å². The molecule has 1 heterocycles.